The van der Waals surface area contributed by atoms with Crippen molar-refractivity contribution in [3.63, 3.8) is 0 Å². The van der Waals surface area contributed by atoms with Crippen molar-refractivity contribution in [2.45, 2.75) is 77.7 Å². The van der Waals surface area contributed by atoms with Crippen molar-refractivity contribution < 1.29 is 9.53 Å². The maximum Gasteiger partial charge on any atom is 0.136 e. The molecule has 1 heterocycles. The highest BCUT2D eigenvalue weighted by Crippen LogP contribution is 2.30. The quantitative estimate of drug-likeness (QED) is 0.626. The number of unbranched alkanes of at least 4 members (excludes halogenated alkanes) is 4. The molecule has 0 amide bonds. The van der Waals surface area contributed by atoms with Gasteiger partial charge in [0.1, 0.15) is 5.78 Å². The van der Waals surface area contributed by atoms with Crippen LogP contribution in [0, 0.1) is 5.92 Å². The van der Waals surface area contributed by atoms with E-state index in [4.69, 9.17) is 4.74 Å². The predicted octanol–water partition coefficient (Wildman–Crippen LogP) is 4.12. The molecule has 1 aliphatic rings. The summed E-state index contributed by atoms with van der Waals surface area (Å²) in [5.74, 6) is 0.725. The van der Waals surface area contributed by atoms with Gasteiger partial charge in [0.2, 0.25) is 0 Å². The average molecular weight is 240 g/mol. The summed E-state index contributed by atoms with van der Waals surface area (Å²) in [6.45, 7) is 7.15. The first-order valence-corrected chi connectivity index (χ1v) is 7.22. The third kappa shape index (κ3) is 5.67. The lowest BCUT2D eigenvalue weighted by atomic mass is 9.84. The fraction of sp³-hybridized carbons (Fsp3) is 0.933. The summed E-state index contributed by atoms with van der Waals surface area (Å²) in [4.78, 5) is 12.1. The number of Topliss-reactive ketones (excluding diaryl/α,β-unsaturated/α-hetero) is 1. The van der Waals surface area contributed by atoms with Gasteiger partial charge >= 0.3 is 0 Å². The minimum atomic E-state index is -0.0964. The van der Waals surface area contributed by atoms with E-state index in [2.05, 4.69) is 20.8 Å². The fourth-order valence-electron chi connectivity index (χ4n) is 2.61. The molecule has 1 atom stereocenters. The molecule has 0 aromatic carbocycles. The molecule has 1 fully saturated rings. The molecule has 0 saturated carbocycles. The van der Waals surface area contributed by atoms with Crippen LogP contribution in [0.5, 0.6) is 0 Å². The zero-order valence-electron chi connectivity index (χ0n) is 11.8. The second kappa shape index (κ2) is 7.15. The molecule has 1 saturated heterocycles. The molecule has 0 bridgehead atoms. The van der Waals surface area contributed by atoms with Crippen molar-refractivity contribution in [2.24, 2.45) is 5.92 Å². The lowest BCUT2D eigenvalue weighted by molar-refractivity contribution is -0.133. The summed E-state index contributed by atoms with van der Waals surface area (Å²) in [6, 6.07) is 0. The van der Waals surface area contributed by atoms with Crippen LogP contribution in [0.15, 0.2) is 0 Å². The largest absolute Gasteiger partial charge is 0.376 e. The second-order valence-electron chi connectivity index (χ2n) is 5.93. The Kier molecular flexibility index (Phi) is 6.18. The monoisotopic (exact) mass is 240 g/mol. The van der Waals surface area contributed by atoms with Crippen LogP contribution in [0.1, 0.15) is 72.1 Å². The molecule has 0 N–H and O–H groups in total. The van der Waals surface area contributed by atoms with Crippen LogP contribution in [-0.4, -0.2) is 18.0 Å². The molecule has 2 heteroatoms. The van der Waals surface area contributed by atoms with Crippen molar-refractivity contribution in [3.8, 4) is 0 Å². The van der Waals surface area contributed by atoms with Gasteiger partial charge in [-0.1, -0.05) is 32.6 Å². The van der Waals surface area contributed by atoms with E-state index < -0.39 is 0 Å². The molecule has 17 heavy (non-hydrogen) atoms. The Balaban J connectivity index is 2.18. The fourth-order valence-corrected chi connectivity index (χ4v) is 2.61. The molecule has 100 valence electrons. The van der Waals surface area contributed by atoms with Crippen molar-refractivity contribution in [1.29, 1.82) is 0 Å². The number of carbonyl (C=O) groups is 1. The zero-order chi connectivity index (χ0) is 12.7. The van der Waals surface area contributed by atoms with Gasteiger partial charge in [-0.25, -0.2) is 0 Å². The van der Waals surface area contributed by atoms with Crippen LogP contribution in [0.4, 0.5) is 0 Å². The number of hydrogen-bond acceptors (Lipinski definition) is 2. The Labute approximate surface area is 106 Å². The van der Waals surface area contributed by atoms with Gasteiger partial charge in [-0.3, -0.25) is 4.79 Å². The average Bonchev–Trinajstić information content (AvgIpc) is 2.27. The maximum absolute atomic E-state index is 12.1. The van der Waals surface area contributed by atoms with Gasteiger partial charge in [-0.2, -0.15) is 0 Å². The zero-order valence-corrected chi connectivity index (χ0v) is 11.8. The van der Waals surface area contributed by atoms with Crippen molar-refractivity contribution in [2.75, 3.05) is 6.61 Å². The summed E-state index contributed by atoms with van der Waals surface area (Å²) < 4.78 is 5.65. The first-order valence-electron chi connectivity index (χ1n) is 7.22. The first-order chi connectivity index (χ1) is 8.05. The van der Waals surface area contributed by atoms with Gasteiger partial charge in [0.25, 0.3) is 0 Å². The minimum absolute atomic E-state index is 0.0964. The lowest BCUT2D eigenvalue weighted by Gasteiger charge is -2.34. The number of rotatable bonds is 7. The van der Waals surface area contributed by atoms with Gasteiger partial charge in [-0.15, -0.1) is 0 Å². The van der Waals surface area contributed by atoms with Gasteiger partial charge in [0.05, 0.1) is 5.60 Å². The Morgan fingerprint density at radius 1 is 1.24 bits per heavy atom. The van der Waals surface area contributed by atoms with E-state index >= 15 is 0 Å². The smallest absolute Gasteiger partial charge is 0.136 e. The summed E-state index contributed by atoms with van der Waals surface area (Å²) >= 11 is 0. The van der Waals surface area contributed by atoms with Gasteiger partial charge in [-0.05, 0) is 33.1 Å². The highest BCUT2D eigenvalue weighted by atomic mass is 16.5. The van der Waals surface area contributed by atoms with Gasteiger partial charge in [0, 0.05) is 18.9 Å². The molecule has 0 aliphatic carbocycles. The molecular formula is C15H28O2. The molecule has 2 nitrogen and oxygen atoms in total. The van der Waals surface area contributed by atoms with E-state index in [1.54, 1.807) is 0 Å². The lowest BCUT2D eigenvalue weighted by Crippen LogP contribution is -2.37. The minimum Gasteiger partial charge on any atom is -0.376 e. The number of hydrogen-bond donors (Lipinski definition) is 0. The third-order valence-electron chi connectivity index (χ3n) is 3.68. The summed E-state index contributed by atoms with van der Waals surface area (Å²) in [5.41, 5.74) is -0.0964. The van der Waals surface area contributed by atoms with E-state index in [1.165, 1.54) is 25.7 Å². The summed E-state index contributed by atoms with van der Waals surface area (Å²) in [6.07, 6.45) is 8.76. The Morgan fingerprint density at radius 2 is 1.94 bits per heavy atom. The van der Waals surface area contributed by atoms with Gasteiger partial charge < -0.3 is 4.74 Å². The first kappa shape index (κ1) is 14.7. The van der Waals surface area contributed by atoms with E-state index in [0.717, 1.165) is 32.3 Å². The van der Waals surface area contributed by atoms with Crippen LogP contribution >= 0.6 is 0 Å². The van der Waals surface area contributed by atoms with Crippen molar-refractivity contribution in [3.05, 3.63) is 0 Å². The molecule has 1 rings (SSSR count). The maximum atomic E-state index is 12.1. The molecule has 0 aromatic heterocycles. The molecule has 0 spiro atoms. The van der Waals surface area contributed by atoms with E-state index in [1.807, 2.05) is 0 Å². The topological polar surface area (TPSA) is 26.3 Å². The Bertz CT molecular complexity index is 233. The van der Waals surface area contributed by atoms with E-state index in [-0.39, 0.29) is 11.5 Å². The number of ketones is 1. The highest BCUT2D eigenvalue weighted by molar-refractivity contribution is 5.81. The van der Waals surface area contributed by atoms with Crippen LogP contribution in [0.3, 0.4) is 0 Å². The van der Waals surface area contributed by atoms with Gasteiger partial charge in [0.15, 0.2) is 0 Å². The number of carbonyl (C=O) groups excluding carboxylic acids is 1. The standard InChI is InChI=1S/C15H28O2/c1-4-5-6-7-8-9-14(16)13-10-11-17-15(2,3)12-13/h13H,4-12H2,1-3H3/t13-/m0/s1. The summed E-state index contributed by atoms with van der Waals surface area (Å²) in [5, 5.41) is 0. The predicted molar refractivity (Wildman–Crippen MR) is 71.1 cm³/mol. The third-order valence-corrected chi connectivity index (χ3v) is 3.68. The van der Waals surface area contributed by atoms with Crippen LogP contribution in [-0.2, 0) is 9.53 Å². The normalized spacial score (nSPS) is 23.6. The van der Waals surface area contributed by atoms with Crippen LogP contribution < -0.4 is 0 Å². The molecule has 1 aliphatic heterocycles. The van der Waals surface area contributed by atoms with Crippen LogP contribution in [0.2, 0.25) is 0 Å². The molecule has 0 radical (unpaired) electrons. The molecule has 0 aromatic rings. The number of ether oxygens (including phenoxy) is 1. The van der Waals surface area contributed by atoms with E-state index in [0.29, 0.717) is 5.78 Å². The van der Waals surface area contributed by atoms with Crippen molar-refractivity contribution >= 4 is 5.78 Å². The van der Waals surface area contributed by atoms with Crippen LogP contribution in [0.25, 0.3) is 0 Å². The molecule has 0 unspecified atom stereocenters. The Hall–Kier alpha value is -0.370. The highest BCUT2D eigenvalue weighted by Gasteiger charge is 2.32. The summed E-state index contributed by atoms with van der Waals surface area (Å²) in [7, 11) is 0. The SMILES string of the molecule is CCCCCCCC(=O)[C@H]1CCOC(C)(C)C1. The second-order valence-corrected chi connectivity index (χ2v) is 5.93. The van der Waals surface area contributed by atoms with E-state index in [9.17, 15) is 4.79 Å². The Morgan fingerprint density at radius 3 is 2.59 bits per heavy atom. The molecular weight excluding hydrogens is 212 g/mol. The van der Waals surface area contributed by atoms with Crippen molar-refractivity contribution in [1.82, 2.24) is 0 Å².